The molecule has 1 aromatic rings. The van der Waals surface area contributed by atoms with Gasteiger partial charge in [-0.15, -0.1) is 0 Å². The molecule has 2 unspecified atom stereocenters. The van der Waals surface area contributed by atoms with Gasteiger partial charge in [0.15, 0.2) is 0 Å². The minimum Gasteiger partial charge on any atom is -0.466 e. The third kappa shape index (κ3) is 3.34. The highest BCUT2D eigenvalue weighted by Crippen LogP contribution is 2.32. The first-order valence-corrected chi connectivity index (χ1v) is 7.41. The Kier molecular flexibility index (Phi) is 4.36. The van der Waals surface area contributed by atoms with E-state index in [9.17, 15) is 4.79 Å². The maximum absolute atomic E-state index is 11.4. The highest BCUT2D eigenvalue weighted by Gasteiger charge is 2.36. The molecule has 4 nitrogen and oxygen atoms in total. The van der Waals surface area contributed by atoms with Crippen LogP contribution in [0.25, 0.3) is 0 Å². The van der Waals surface area contributed by atoms with Gasteiger partial charge in [0.25, 0.3) is 0 Å². The molecule has 0 aliphatic carbocycles. The maximum atomic E-state index is 11.4. The van der Waals surface area contributed by atoms with E-state index in [0.717, 1.165) is 32.6 Å². The van der Waals surface area contributed by atoms with Gasteiger partial charge >= 0.3 is 5.97 Å². The summed E-state index contributed by atoms with van der Waals surface area (Å²) in [7, 11) is 1.42. The Hall–Kier alpha value is -1.65. The van der Waals surface area contributed by atoms with Crippen LogP contribution < -0.4 is 0 Å². The first-order chi connectivity index (χ1) is 10.3. The van der Waals surface area contributed by atoms with Gasteiger partial charge in [-0.05, 0) is 18.4 Å². The molecule has 112 valence electrons. The molecule has 2 heterocycles. The number of fused-ring (bicyclic) bond motifs is 2. The Morgan fingerprint density at radius 2 is 1.95 bits per heavy atom. The van der Waals surface area contributed by atoms with E-state index in [1.165, 1.54) is 18.2 Å². The summed E-state index contributed by atoms with van der Waals surface area (Å²) >= 11 is 0. The summed E-state index contributed by atoms with van der Waals surface area (Å²) in [6.45, 7) is 2.43. The number of hydrogen-bond acceptors (Lipinski definition) is 4. The standard InChI is InChI=1S/C17H21NO3/c1-20-17(19)9-14-7-15-11-21-12-16(8-14)18(15)10-13-5-3-2-4-6-13/h2-6,9,15-16H,7-8,10-12H2,1H3. The zero-order valence-corrected chi connectivity index (χ0v) is 12.3. The lowest BCUT2D eigenvalue weighted by molar-refractivity contribution is -0.135. The fourth-order valence-corrected chi connectivity index (χ4v) is 3.27. The molecule has 0 N–H and O–H groups in total. The number of carbonyl (C=O) groups excluding carboxylic acids is 1. The number of rotatable bonds is 3. The van der Waals surface area contributed by atoms with Crippen molar-refractivity contribution >= 4 is 5.97 Å². The lowest BCUT2D eigenvalue weighted by atomic mass is 9.89. The molecule has 3 rings (SSSR count). The van der Waals surface area contributed by atoms with Crippen LogP contribution in [0.5, 0.6) is 0 Å². The van der Waals surface area contributed by atoms with Crippen LogP contribution in [0.15, 0.2) is 42.0 Å². The van der Waals surface area contributed by atoms with Gasteiger partial charge in [-0.1, -0.05) is 35.9 Å². The molecule has 2 aliphatic heterocycles. The van der Waals surface area contributed by atoms with Crippen LogP contribution in [0.4, 0.5) is 0 Å². The zero-order valence-electron chi connectivity index (χ0n) is 12.3. The average molecular weight is 287 g/mol. The minimum absolute atomic E-state index is 0.250. The normalized spacial score (nSPS) is 25.5. The average Bonchev–Trinajstić information content (AvgIpc) is 2.49. The van der Waals surface area contributed by atoms with Crippen molar-refractivity contribution in [2.75, 3.05) is 20.3 Å². The van der Waals surface area contributed by atoms with Crippen LogP contribution in [0.2, 0.25) is 0 Å². The number of nitrogens with zero attached hydrogens (tertiary/aromatic N) is 1. The zero-order chi connectivity index (χ0) is 14.7. The van der Waals surface area contributed by atoms with Crippen LogP contribution in [0, 0.1) is 0 Å². The fraction of sp³-hybridized carbons (Fsp3) is 0.471. The van der Waals surface area contributed by atoms with Crippen molar-refractivity contribution in [3.63, 3.8) is 0 Å². The SMILES string of the molecule is COC(=O)C=C1CC2COCC(C1)N2Cc1ccccc1. The largest absolute Gasteiger partial charge is 0.466 e. The Morgan fingerprint density at radius 3 is 2.57 bits per heavy atom. The van der Waals surface area contributed by atoms with Crippen LogP contribution in [0.3, 0.4) is 0 Å². The highest BCUT2D eigenvalue weighted by molar-refractivity contribution is 5.82. The van der Waals surface area contributed by atoms with Gasteiger partial charge in [0, 0.05) is 24.7 Å². The smallest absolute Gasteiger partial charge is 0.330 e. The Labute approximate surface area is 125 Å². The summed E-state index contributed by atoms with van der Waals surface area (Å²) in [5.41, 5.74) is 2.51. The molecule has 0 saturated carbocycles. The number of benzene rings is 1. The molecule has 0 spiro atoms. The monoisotopic (exact) mass is 287 g/mol. The van der Waals surface area contributed by atoms with E-state index in [-0.39, 0.29) is 5.97 Å². The molecular formula is C17H21NO3. The van der Waals surface area contributed by atoms with Gasteiger partial charge in [0.2, 0.25) is 0 Å². The maximum Gasteiger partial charge on any atom is 0.330 e. The topological polar surface area (TPSA) is 38.8 Å². The molecule has 21 heavy (non-hydrogen) atoms. The van der Waals surface area contributed by atoms with Crippen LogP contribution >= 0.6 is 0 Å². The molecule has 2 fully saturated rings. The number of hydrogen-bond donors (Lipinski definition) is 0. The summed E-state index contributed by atoms with van der Waals surface area (Å²) < 4.78 is 10.4. The van der Waals surface area contributed by atoms with E-state index in [4.69, 9.17) is 9.47 Å². The summed E-state index contributed by atoms with van der Waals surface area (Å²) in [4.78, 5) is 14.0. The van der Waals surface area contributed by atoms with Gasteiger partial charge in [-0.3, -0.25) is 4.90 Å². The Bertz CT molecular complexity index is 510. The van der Waals surface area contributed by atoms with Crippen LogP contribution in [0.1, 0.15) is 18.4 Å². The van der Waals surface area contributed by atoms with Crippen molar-refractivity contribution in [1.29, 1.82) is 0 Å². The number of carbonyl (C=O) groups is 1. The van der Waals surface area contributed by atoms with Crippen LogP contribution in [-0.2, 0) is 20.8 Å². The fourth-order valence-electron chi connectivity index (χ4n) is 3.27. The second-order valence-corrected chi connectivity index (χ2v) is 5.74. The second kappa shape index (κ2) is 6.41. The molecule has 0 radical (unpaired) electrons. The molecule has 2 aliphatic rings. The summed E-state index contributed by atoms with van der Waals surface area (Å²) in [6, 6.07) is 11.2. The number of ether oxygens (including phenoxy) is 2. The lowest BCUT2D eigenvalue weighted by Crippen LogP contribution is -2.54. The molecular weight excluding hydrogens is 266 g/mol. The van der Waals surface area contributed by atoms with Gasteiger partial charge in [0.1, 0.15) is 0 Å². The van der Waals surface area contributed by atoms with Crippen LogP contribution in [-0.4, -0.2) is 43.3 Å². The molecule has 2 bridgehead atoms. The van der Waals surface area contributed by atoms with E-state index >= 15 is 0 Å². The first-order valence-electron chi connectivity index (χ1n) is 7.41. The predicted octanol–water partition coefficient (Wildman–Crippen LogP) is 2.15. The summed E-state index contributed by atoms with van der Waals surface area (Å²) in [5.74, 6) is -0.250. The molecule has 0 aromatic heterocycles. The van der Waals surface area contributed by atoms with Crippen molar-refractivity contribution in [3.05, 3.63) is 47.5 Å². The quantitative estimate of drug-likeness (QED) is 0.631. The van der Waals surface area contributed by atoms with Crippen molar-refractivity contribution in [1.82, 2.24) is 4.90 Å². The van der Waals surface area contributed by atoms with Crippen molar-refractivity contribution in [3.8, 4) is 0 Å². The van der Waals surface area contributed by atoms with E-state index in [0.29, 0.717) is 12.1 Å². The number of methoxy groups -OCH3 is 1. The van der Waals surface area contributed by atoms with Crippen molar-refractivity contribution < 1.29 is 14.3 Å². The summed E-state index contributed by atoms with van der Waals surface area (Å²) in [6.07, 6.45) is 3.43. The minimum atomic E-state index is -0.250. The van der Waals surface area contributed by atoms with Crippen molar-refractivity contribution in [2.24, 2.45) is 0 Å². The molecule has 2 atom stereocenters. The van der Waals surface area contributed by atoms with E-state index in [1.54, 1.807) is 6.08 Å². The van der Waals surface area contributed by atoms with Crippen molar-refractivity contribution in [2.45, 2.75) is 31.5 Å². The third-order valence-corrected chi connectivity index (χ3v) is 4.29. The molecule has 1 aromatic carbocycles. The Balaban J connectivity index is 1.73. The van der Waals surface area contributed by atoms with E-state index < -0.39 is 0 Å². The second-order valence-electron chi connectivity index (χ2n) is 5.74. The number of esters is 1. The number of morpholine rings is 1. The van der Waals surface area contributed by atoms with Gasteiger partial charge < -0.3 is 9.47 Å². The number of piperidine rings is 1. The van der Waals surface area contributed by atoms with Gasteiger partial charge in [-0.25, -0.2) is 4.79 Å². The van der Waals surface area contributed by atoms with E-state index in [2.05, 4.69) is 29.2 Å². The predicted molar refractivity (Wildman–Crippen MR) is 79.7 cm³/mol. The highest BCUT2D eigenvalue weighted by atomic mass is 16.5. The lowest BCUT2D eigenvalue weighted by Gasteiger charge is -2.46. The molecule has 4 heteroatoms. The summed E-state index contributed by atoms with van der Waals surface area (Å²) in [5, 5.41) is 0. The molecule has 0 amide bonds. The van der Waals surface area contributed by atoms with E-state index in [1.807, 2.05) is 6.07 Å². The first kappa shape index (κ1) is 14.3. The Morgan fingerprint density at radius 1 is 1.29 bits per heavy atom. The third-order valence-electron chi connectivity index (χ3n) is 4.29. The van der Waals surface area contributed by atoms with Gasteiger partial charge in [0.05, 0.1) is 20.3 Å². The molecule has 2 saturated heterocycles. The van der Waals surface area contributed by atoms with Gasteiger partial charge in [-0.2, -0.15) is 0 Å².